The van der Waals surface area contributed by atoms with Gasteiger partial charge in [-0.1, -0.05) is 17.9 Å². The van der Waals surface area contributed by atoms with Crippen LogP contribution in [0.1, 0.15) is 12.0 Å². The van der Waals surface area contributed by atoms with Gasteiger partial charge in [0.15, 0.2) is 0 Å². The number of thioether (sulfide) groups is 1. The average Bonchev–Trinajstić information content (AvgIpc) is 2.16. The molecule has 0 amide bonds. The molecule has 0 aromatic heterocycles. The Balaban J connectivity index is 2.81. The number of benzene rings is 1. The second-order valence-corrected chi connectivity index (χ2v) is 3.85. The molecular formula is C11H6F3NS. The van der Waals surface area contributed by atoms with E-state index in [-0.39, 0.29) is 23.1 Å². The minimum Gasteiger partial charge on any atom is -0.197 e. The fourth-order valence-electron chi connectivity index (χ4n) is 0.957. The van der Waals surface area contributed by atoms with E-state index in [9.17, 15) is 13.2 Å². The Morgan fingerprint density at radius 2 is 2.06 bits per heavy atom. The summed E-state index contributed by atoms with van der Waals surface area (Å²) < 4.78 is 36.2. The third-order valence-electron chi connectivity index (χ3n) is 1.47. The van der Waals surface area contributed by atoms with E-state index in [1.165, 1.54) is 18.2 Å². The predicted octanol–water partition coefficient (Wildman–Crippen LogP) is 3.56. The van der Waals surface area contributed by atoms with Gasteiger partial charge in [0.25, 0.3) is 0 Å². The molecule has 0 spiro atoms. The lowest BCUT2D eigenvalue weighted by Crippen LogP contribution is -1.98. The molecule has 0 aliphatic heterocycles. The summed E-state index contributed by atoms with van der Waals surface area (Å²) in [6.07, 6.45) is 0.0661. The maximum absolute atomic E-state index is 12.1. The van der Waals surface area contributed by atoms with E-state index in [4.69, 9.17) is 5.26 Å². The van der Waals surface area contributed by atoms with Crippen LogP contribution in [-0.2, 0) is 0 Å². The zero-order valence-corrected chi connectivity index (χ0v) is 8.82. The highest BCUT2D eigenvalue weighted by molar-refractivity contribution is 8.00. The van der Waals surface area contributed by atoms with E-state index in [0.717, 1.165) is 0 Å². The summed E-state index contributed by atoms with van der Waals surface area (Å²) in [6, 6.07) is 7.66. The third kappa shape index (κ3) is 4.77. The van der Waals surface area contributed by atoms with Gasteiger partial charge in [-0.2, -0.15) is 18.4 Å². The molecule has 1 aromatic carbocycles. The van der Waals surface area contributed by atoms with Crippen molar-refractivity contribution >= 4 is 11.8 Å². The molecule has 0 saturated carbocycles. The van der Waals surface area contributed by atoms with Crippen LogP contribution in [0, 0.1) is 23.2 Å². The van der Waals surface area contributed by atoms with Crippen molar-refractivity contribution in [2.75, 3.05) is 0 Å². The molecule has 0 saturated heterocycles. The van der Waals surface area contributed by atoms with Crippen LogP contribution in [-0.4, -0.2) is 5.51 Å². The predicted molar refractivity (Wildman–Crippen MR) is 55.5 cm³/mol. The van der Waals surface area contributed by atoms with E-state index in [0.29, 0.717) is 5.56 Å². The number of nitrogens with zero attached hydrogens (tertiary/aromatic N) is 1. The topological polar surface area (TPSA) is 23.8 Å². The zero-order chi connectivity index (χ0) is 12.0. The summed E-state index contributed by atoms with van der Waals surface area (Å²) in [4.78, 5) is 0.0938. The summed E-state index contributed by atoms with van der Waals surface area (Å²) in [5, 5.41) is 8.25. The standard InChI is InChI=1S/C11H6F3NS/c12-11(13,14)16-10-6-3-5-9(8-10)4-1-2-7-15/h3,5-6,8H,2H2. The van der Waals surface area contributed by atoms with Gasteiger partial charge < -0.3 is 0 Å². The van der Waals surface area contributed by atoms with E-state index >= 15 is 0 Å². The molecule has 0 aliphatic rings. The highest BCUT2D eigenvalue weighted by Crippen LogP contribution is 2.36. The molecule has 0 aliphatic carbocycles. The van der Waals surface area contributed by atoms with E-state index in [1.54, 1.807) is 6.07 Å². The Kier molecular flexibility index (Phi) is 4.28. The molecule has 82 valence electrons. The summed E-state index contributed by atoms with van der Waals surface area (Å²) in [6.45, 7) is 0. The van der Waals surface area contributed by atoms with Gasteiger partial charge in [-0.05, 0) is 30.0 Å². The molecule has 0 atom stereocenters. The third-order valence-corrected chi connectivity index (χ3v) is 2.19. The van der Waals surface area contributed by atoms with Gasteiger partial charge in [0, 0.05) is 10.5 Å². The van der Waals surface area contributed by atoms with Gasteiger partial charge in [-0.25, -0.2) is 0 Å². The largest absolute Gasteiger partial charge is 0.446 e. The average molecular weight is 241 g/mol. The molecule has 0 unspecified atom stereocenters. The zero-order valence-electron chi connectivity index (χ0n) is 8.01. The lowest BCUT2D eigenvalue weighted by Gasteiger charge is -2.04. The molecule has 1 aromatic rings. The van der Waals surface area contributed by atoms with Crippen LogP contribution in [0.3, 0.4) is 0 Å². The lowest BCUT2D eigenvalue weighted by molar-refractivity contribution is -0.0328. The first kappa shape index (κ1) is 12.5. The van der Waals surface area contributed by atoms with Crippen LogP contribution in [0.5, 0.6) is 0 Å². The molecule has 5 heteroatoms. The van der Waals surface area contributed by atoms with Crippen molar-refractivity contribution in [3.8, 4) is 17.9 Å². The molecule has 16 heavy (non-hydrogen) atoms. The number of alkyl halides is 3. The Morgan fingerprint density at radius 1 is 1.31 bits per heavy atom. The van der Waals surface area contributed by atoms with Gasteiger partial charge in [0.1, 0.15) is 0 Å². The van der Waals surface area contributed by atoms with Crippen molar-refractivity contribution in [2.24, 2.45) is 0 Å². The Hall–Kier alpha value is -1.59. The van der Waals surface area contributed by atoms with Crippen LogP contribution in [0.2, 0.25) is 0 Å². The minimum atomic E-state index is -4.29. The molecule has 1 rings (SSSR count). The molecular weight excluding hydrogens is 235 g/mol. The maximum atomic E-state index is 12.1. The van der Waals surface area contributed by atoms with E-state index in [1.807, 2.05) is 6.07 Å². The first-order valence-electron chi connectivity index (χ1n) is 4.23. The number of hydrogen-bond acceptors (Lipinski definition) is 2. The monoisotopic (exact) mass is 241 g/mol. The SMILES string of the molecule is N#CCC#Cc1cccc(SC(F)(F)F)c1. The molecule has 0 radical (unpaired) electrons. The quantitative estimate of drug-likeness (QED) is 0.554. The fourth-order valence-corrected chi connectivity index (χ4v) is 1.56. The molecule has 1 nitrogen and oxygen atoms in total. The van der Waals surface area contributed by atoms with Crippen molar-refractivity contribution in [1.29, 1.82) is 5.26 Å². The van der Waals surface area contributed by atoms with Crippen LogP contribution in [0.25, 0.3) is 0 Å². The van der Waals surface area contributed by atoms with Crippen molar-refractivity contribution in [1.82, 2.24) is 0 Å². The van der Waals surface area contributed by atoms with Gasteiger partial charge in [-0.3, -0.25) is 0 Å². The van der Waals surface area contributed by atoms with E-state index < -0.39 is 5.51 Å². The second-order valence-electron chi connectivity index (χ2n) is 2.71. The van der Waals surface area contributed by atoms with Crippen molar-refractivity contribution < 1.29 is 13.2 Å². The molecule has 0 heterocycles. The smallest absolute Gasteiger partial charge is 0.197 e. The van der Waals surface area contributed by atoms with Crippen LogP contribution in [0.4, 0.5) is 13.2 Å². The summed E-state index contributed by atoms with van der Waals surface area (Å²) >= 11 is -0.179. The first-order valence-corrected chi connectivity index (χ1v) is 5.04. The second kappa shape index (κ2) is 5.48. The number of nitriles is 1. The highest BCUT2D eigenvalue weighted by atomic mass is 32.2. The van der Waals surface area contributed by atoms with Crippen LogP contribution < -0.4 is 0 Å². The van der Waals surface area contributed by atoms with Gasteiger partial charge in [0.2, 0.25) is 0 Å². The molecule has 0 fully saturated rings. The minimum absolute atomic E-state index is 0.0661. The number of halogens is 3. The highest BCUT2D eigenvalue weighted by Gasteiger charge is 2.29. The summed E-state index contributed by atoms with van der Waals surface area (Å²) in [5.74, 6) is 5.16. The normalized spacial score (nSPS) is 10.1. The number of hydrogen-bond donors (Lipinski definition) is 0. The van der Waals surface area contributed by atoms with Crippen LogP contribution >= 0.6 is 11.8 Å². The maximum Gasteiger partial charge on any atom is 0.446 e. The van der Waals surface area contributed by atoms with Crippen LogP contribution in [0.15, 0.2) is 29.2 Å². The lowest BCUT2D eigenvalue weighted by atomic mass is 10.2. The Morgan fingerprint density at radius 3 is 2.69 bits per heavy atom. The summed E-state index contributed by atoms with van der Waals surface area (Å²) in [7, 11) is 0. The molecule has 0 N–H and O–H groups in total. The van der Waals surface area contributed by atoms with Crippen molar-refractivity contribution in [2.45, 2.75) is 16.8 Å². The number of rotatable bonds is 1. The Bertz CT molecular complexity index is 463. The first-order chi connectivity index (χ1) is 7.51. The summed E-state index contributed by atoms with van der Waals surface area (Å²) in [5.41, 5.74) is -3.82. The van der Waals surface area contributed by atoms with Crippen molar-refractivity contribution in [3.63, 3.8) is 0 Å². The Labute approximate surface area is 95.3 Å². The van der Waals surface area contributed by atoms with E-state index in [2.05, 4.69) is 11.8 Å². The van der Waals surface area contributed by atoms with Gasteiger partial charge in [-0.15, -0.1) is 0 Å². The molecule has 0 bridgehead atoms. The fraction of sp³-hybridized carbons (Fsp3) is 0.182. The van der Waals surface area contributed by atoms with Crippen molar-refractivity contribution in [3.05, 3.63) is 29.8 Å². The van der Waals surface area contributed by atoms with Gasteiger partial charge >= 0.3 is 5.51 Å². The van der Waals surface area contributed by atoms with Gasteiger partial charge in [0.05, 0.1) is 12.5 Å².